The molecule has 0 spiro atoms. The lowest BCUT2D eigenvalue weighted by Crippen LogP contribution is -2.20. The van der Waals surface area contributed by atoms with Gasteiger partial charge in [0.05, 0.1) is 6.10 Å². The fourth-order valence-corrected chi connectivity index (χ4v) is 2.81. The highest BCUT2D eigenvalue weighted by atomic mass is 35.5. The van der Waals surface area contributed by atoms with Gasteiger partial charge in [0, 0.05) is 16.6 Å². The van der Waals surface area contributed by atoms with E-state index in [1.165, 1.54) is 0 Å². The van der Waals surface area contributed by atoms with Crippen LogP contribution in [-0.4, -0.2) is 19.2 Å². The summed E-state index contributed by atoms with van der Waals surface area (Å²) in [4.78, 5) is 0. The Labute approximate surface area is 135 Å². The van der Waals surface area contributed by atoms with E-state index < -0.39 is 0 Å². The van der Waals surface area contributed by atoms with Gasteiger partial charge >= 0.3 is 0 Å². The van der Waals surface area contributed by atoms with Crippen LogP contribution in [0.3, 0.4) is 0 Å². The third-order valence-electron chi connectivity index (χ3n) is 3.69. The van der Waals surface area contributed by atoms with Crippen molar-refractivity contribution in [2.24, 2.45) is 0 Å². The van der Waals surface area contributed by atoms with Gasteiger partial charge in [-0.25, -0.2) is 0 Å². The highest BCUT2D eigenvalue weighted by Crippen LogP contribution is 2.30. The second-order valence-electron chi connectivity index (χ2n) is 5.23. The first-order valence-corrected chi connectivity index (χ1v) is 7.85. The summed E-state index contributed by atoms with van der Waals surface area (Å²) < 4.78 is 6.31. The van der Waals surface area contributed by atoms with E-state index in [9.17, 15) is 0 Å². The molecule has 1 fully saturated rings. The summed E-state index contributed by atoms with van der Waals surface area (Å²) in [7, 11) is 0. The summed E-state index contributed by atoms with van der Waals surface area (Å²) in [5, 5.41) is 4.80. The van der Waals surface area contributed by atoms with Crippen molar-refractivity contribution in [1.82, 2.24) is 5.32 Å². The number of ether oxygens (including phenoxy) is 1. The van der Waals surface area contributed by atoms with Gasteiger partial charge in [0.25, 0.3) is 0 Å². The lowest BCUT2D eigenvalue weighted by Gasteiger charge is -2.23. The molecule has 1 atom stereocenters. The lowest BCUT2D eigenvalue weighted by atomic mass is 10.0. The number of benzene rings is 2. The maximum atomic E-state index is 6.31. The van der Waals surface area contributed by atoms with Crippen LogP contribution in [-0.2, 0) is 4.74 Å². The molecule has 1 N–H and O–H groups in total. The molecule has 1 aliphatic rings. The molecule has 2 nitrogen and oxygen atoms in total. The quantitative estimate of drug-likeness (QED) is 0.897. The zero-order valence-electron chi connectivity index (χ0n) is 11.6. The van der Waals surface area contributed by atoms with Crippen molar-refractivity contribution in [1.29, 1.82) is 0 Å². The van der Waals surface area contributed by atoms with Crippen molar-refractivity contribution in [3.63, 3.8) is 0 Å². The Morgan fingerprint density at radius 3 is 1.86 bits per heavy atom. The van der Waals surface area contributed by atoms with Crippen molar-refractivity contribution in [3.05, 3.63) is 69.7 Å². The van der Waals surface area contributed by atoms with Gasteiger partial charge in [0.1, 0.15) is 6.10 Å². The van der Waals surface area contributed by atoms with E-state index in [1.54, 1.807) is 0 Å². The van der Waals surface area contributed by atoms with Crippen LogP contribution in [0.15, 0.2) is 48.5 Å². The van der Waals surface area contributed by atoms with Gasteiger partial charge in [-0.1, -0.05) is 47.5 Å². The number of nitrogens with one attached hydrogen (secondary N) is 1. The summed E-state index contributed by atoms with van der Waals surface area (Å²) in [6.45, 7) is 1.91. The van der Waals surface area contributed by atoms with E-state index >= 15 is 0 Å². The molecule has 4 heteroatoms. The maximum Gasteiger partial charge on any atom is 0.108 e. The van der Waals surface area contributed by atoms with Crippen LogP contribution in [0.1, 0.15) is 23.7 Å². The van der Waals surface area contributed by atoms with Gasteiger partial charge in [-0.15, -0.1) is 0 Å². The fraction of sp³-hybridized carbons (Fsp3) is 0.294. The highest BCUT2D eigenvalue weighted by Gasteiger charge is 2.22. The van der Waals surface area contributed by atoms with Gasteiger partial charge < -0.3 is 10.1 Å². The predicted molar refractivity (Wildman–Crippen MR) is 87.1 cm³/mol. The Morgan fingerprint density at radius 2 is 1.43 bits per heavy atom. The van der Waals surface area contributed by atoms with Gasteiger partial charge in [-0.3, -0.25) is 0 Å². The average Bonchev–Trinajstić information content (AvgIpc) is 3.00. The topological polar surface area (TPSA) is 21.3 Å². The van der Waals surface area contributed by atoms with E-state index in [4.69, 9.17) is 27.9 Å². The molecule has 0 radical (unpaired) electrons. The molecule has 3 rings (SSSR count). The summed E-state index contributed by atoms with van der Waals surface area (Å²) in [6, 6.07) is 15.7. The summed E-state index contributed by atoms with van der Waals surface area (Å²) in [5.74, 6) is 0. The first-order valence-electron chi connectivity index (χ1n) is 7.09. The molecule has 0 bridgehead atoms. The Kier molecular flexibility index (Phi) is 4.81. The smallest absolute Gasteiger partial charge is 0.108 e. The van der Waals surface area contributed by atoms with Crippen LogP contribution in [0.25, 0.3) is 0 Å². The van der Waals surface area contributed by atoms with Crippen LogP contribution in [0.4, 0.5) is 0 Å². The SMILES string of the molecule is Clc1ccc(C(O[C@@H]2CCNC2)c2ccc(Cl)cc2)cc1. The second-order valence-corrected chi connectivity index (χ2v) is 6.11. The molecular weight excluding hydrogens is 305 g/mol. The maximum absolute atomic E-state index is 6.31. The van der Waals surface area contributed by atoms with E-state index in [0.29, 0.717) is 0 Å². The molecule has 0 amide bonds. The Bertz CT molecular complexity index is 531. The number of hydrogen-bond acceptors (Lipinski definition) is 2. The minimum atomic E-state index is -0.0931. The monoisotopic (exact) mass is 321 g/mol. The number of halogens is 2. The molecule has 2 aromatic carbocycles. The van der Waals surface area contributed by atoms with Gasteiger partial charge in [0.15, 0.2) is 0 Å². The molecule has 0 aliphatic carbocycles. The fourth-order valence-electron chi connectivity index (χ4n) is 2.56. The largest absolute Gasteiger partial charge is 0.364 e. The van der Waals surface area contributed by atoms with Crippen LogP contribution in [0, 0.1) is 0 Å². The molecule has 21 heavy (non-hydrogen) atoms. The Hall–Kier alpha value is -1.06. The van der Waals surface area contributed by atoms with Gasteiger partial charge in [-0.2, -0.15) is 0 Å². The Morgan fingerprint density at radius 1 is 0.905 bits per heavy atom. The predicted octanol–water partition coefficient (Wildman–Crippen LogP) is 4.46. The van der Waals surface area contributed by atoms with E-state index in [1.807, 2.05) is 48.5 Å². The Balaban J connectivity index is 1.89. The van der Waals surface area contributed by atoms with Crippen molar-refractivity contribution in [3.8, 4) is 0 Å². The summed E-state index contributed by atoms with van der Waals surface area (Å²) in [5.41, 5.74) is 2.21. The lowest BCUT2D eigenvalue weighted by molar-refractivity contribution is 0.0204. The number of hydrogen-bond donors (Lipinski definition) is 1. The van der Waals surface area contributed by atoms with E-state index in [0.717, 1.165) is 40.7 Å². The molecule has 0 aromatic heterocycles. The zero-order valence-corrected chi connectivity index (χ0v) is 13.1. The molecule has 1 heterocycles. The van der Waals surface area contributed by atoms with Crippen molar-refractivity contribution in [2.75, 3.05) is 13.1 Å². The normalized spacial score (nSPS) is 18.3. The minimum Gasteiger partial charge on any atom is -0.364 e. The van der Waals surface area contributed by atoms with Gasteiger partial charge in [-0.05, 0) is 48.4 Å². The standard InChI is InChI=1S/C17H17Cl2NO/c18-14-5-1-12(2-6-14)17(21-16-9-10-20-11-16)13-3-7-15(19)8-4-13/h1-8,16-17,20H,9-11H2/t16-/m1/s1. The van der Waals surface area contributed by atoms with E-state index in [-0.39, 0.29) is 12.2 Å². The van der Waals surface area contributed by atoms with E-state index in [2.05, 4.69) is 5.32 Å². The molecule has 110 valence electrons. The second kappa shape index (κ2) is 6.80. The third kappa shape index (κ3) is 3.78. The molecule has 0 saturated carbocycles. The van der Waals surface area contributed by atoms with Crippen molar-refractivity contribution in [2.45, 2.75) is 18.6 Å². The van der Waals surface area contributed by atoms with Gasteiger partial charge in [0.2, 0.25) is 0 Å². The first kappa shape index (κ1) is 14.9. The summed E-state index contributed by atoms with van der Waals surface area (Å²) in [6.07, 6.45) is 1.18. The average molecular weight is 322 g/mol. The zero-order chi connectivity index (χ0) is 14.7. The van der Waals surface area contributed by atoms with Crippen molar-refractivity contribution >= 4 is 23.2 Å². The highest BCUT2D eigenvalue weighted by molar-refractivity contribution is 6.30. The van der Waals surface area contributed by atoms with Crippen molar-refractivity contribution < 1.29 is 4.74 Å². The molecular formula is C17H17Cl2NO. The first-order chi connectivity index (χ1) is 10.2. The molecule has 1 saturated heterocycles. The van der Waals surface area contributed by atoms with Crippen LogP contribution in [0.2, 0.25) is 10.0 Å². The molecule has 1 aliphatic heterocycles. The summed E-state index contributed by atoms with van der Waals surface area (Å²) >= 11 is 12.0. The third-order valence-corrected chi connectivity index (χ3v) is 4.19. The van der Waals surface area contributed by atoms with Crippen LogP contribution < -0.4 is 5.32 Å². The number of rotatable bonds is 4. The molecule has 2 aromatic rings. The molecule has 0 unspecified atom stereocenters. The van der Waals surface area contributed by atoms with Crippen LogP contribution >= 0.6 is 23.2 Å². The van der Waals surface area contributed by atoms with Crippen LogP contribution in [0.5, 0.6) is 0 Å². The minimum absolute atomic E-state index is 0.0931.